The van der Waals surface area contributed by atoms with Crippen LogP contribution in [-0.4, -0.2) is 39.6 Å². The summed E-state index contributed by atoms with van der Waals surface area (Å²) in [5.41, 5.74) is 0.499. The maximum absolute atomic E-state index is 12.3. The quantitative estimate of drug-likeness (QED) is 0.641. The minimum Gasteiger partial charge on any atom is -0.486 e. The van der Waals surface area contributed by atoms with E-state index in [9.17, 15) is 13.2 Å². The van der Waals surface area contributed by atoms with Gasteiger partial charge in [-0.15, -0.1) is 0 Å². The highest BCUT2D eigenvalue weighted by atomic mass is 32.2. The lowest BCUT2D eigenvalue weighted by Crippen LogP contribution is -2.93. The van der Waals surface area contributed by atoms with Crippen LogP contribution in [0.1, 0.15) is 6.92 Å². The molecule has 0 saturated heterocycles. The number of hydrogen-bond acceptors (Lipinski definition) is 5. The third-order valence-corrected chi connectivity index (χ3v) is 5.11. The fourth-order valence-electron chi connectivity index (χ4n) is 2.63. The number of fused-ring (bicyclic) bond motifs is 1. The van der Waals surface area contributed by atoms with Crippen molar-refractivity contribution in [1.29, 1.82) is 0 Å². The van der Waals surface area contributed by atoms with E-state index in [0.29, 0.717) is 24.6 Å². The molecule has 0 spiro atoms. The van der Waals surface area contributed by atoms with E-state index in [-0.39, 0.29) is 22.9 Å². The Labute approximate surface area is 157 Å². The number of benzene rings is 2. The van der Waals surface area contributed by atoms with E-state index in [1.165, 1.54) is 24.3 Å². The van der Waals surface area contributed by atoms with Gasteiger partial charge in [-0.25, -0.2) is 13.6 Å². The van der Waals surface area contributed by atoms with E-state index in [1.807, 2.05) is 29.6 Å². The Balaban J connectivity index is 1.50. The van der Waals surface area contributed by atoms with Gasteiger partial charge in [0.2, 0.25) is 10.0 Å². The molecule has 0 fully saturated rings. The summed E-state index contributed by atoms with van der Waals surface area (Å²) in [6.07, 6.45) is -0.149. The second-order valence-electron chi connectivity index (χ2n) is 6.32. The number of carbonyl (C=O) groups is 1. The number of ether oxygens (including phenoxy) is 2. The Morgan fingerprint density at radius 1 is 1.22 bits per heavy atom. The largest absolute Gasteiger partial charge is 0.486 e. The molecule has 1 aliphatic rings. The Morgan fingerprint density at radius 2 is 1.89 bits per heavy atom. The fraction of sp³-hybridized carbons (Fsp3) is 0.278. The lowest BCUT2D eigenvalue weighted by molar-refractivity contribution is -0.678. The van der Waals surface area contributed by atoms with Gasteiger partial charge in [0.05, 0.1) is 4.90 Å². The predicted molar refractivity (Wildman–Crippen MR) is 99.1 cm³/mol. The smallest absolute Gasteiger partial charge is 0.282 e. The summed E-state index contributed by atoms with van der Waals surface area (Å²) in [6, 6.07) is 12.8. The molecule has 0 bridgehead atoms. The molecule has 5 N–H and O–H groups in total. The summed E-state index contributed by atoms with van der Waals surface area (Å²) in [4.78, 5) is 12.3. The van der Waals surface area contributed by atoms with Crippen LogP contribution in [0.15, 0.2) is 53.4 Å². The summed E-state index contributed by atoms with van der Waals surface area (Å²) < 4.78 is 34.0. The van der Waals surface area contributed by atoms with Crippen LogP contribution in [0.5, 0.6) is 11.5 Å². The number of rotatable bonds is 6. The molecule has 8 nitrogen and oxygen atoms in total. The van der Waals surface area contributed by atoms with Gasteiger partial charge in [-0.3, -0.25) is 4.79 Å². The number of amides is 1. The van der Waals surface area contributed by atoms with E-state index < -0.39 is 10.0 Å². The van der Waals surface area contributed by atoms with Gasteiger partial charge in [-0.1, -0.05) is 12.1 Å². The molecule has 9 heteroatoms. The predicted octanol–water partition coefficient (Wildman–Crippen LogP) is 0.0644. The molecule has 144 valence electrons. The van der Waals surface area contributed by atoms with E-state index in [1.54, 1.807) is 6.92 Å². The molecule has 3 rings (SSSR count). The molecular formula is C18H22N3O5S+. The fourth-order valence-corrected chi connectivity index (χ4v) is 3.14. The standard InChI is InChI=1S/C18H21N3O5S/c1-12(18(22)21-13-6-8-15(9-7-13)27(19,23)24)20-10-14-11-25-16-4-2-3-5-17(16)26-14/h2-9,12,14,20H,10-11H2,1H3,(H,21,22)(H2,19,23,24)/p+1/t12-,14+/m0/s1. The monoisotopic (exact) mass is 392 g/mol. The third-order valence-electron chi connectivity index (χ3n) is 4.18. The number of para-hydroxylation sites is 2. The number of quaternary nitrogens is 1. The summed E-state index contributed by atoms with van der Waals surface area (Å²) in [7, 11) is -3.75. The van der Waals surface area contributed by atoms with E-state index in [2.05, 4.69) is 5.32 Å². The molecule has 2 aromatic carbocycles. The van der Waals surface area contributed by atoms with Crippen LogP contribution in [0.25, 0.3) is 0 Å². The van der Waals surface area contributed by atoms with Crippen molar-refractivity contribution in [2.45, 2.75) is 24.0 Å². The molecule has 0 saturated carbocycles. The number of nitrogens with one attached hydrogen (secondary N) is 1. The van der Waals surface area contributed by atoms with Crippen molar-refractivity contribution >= 4 is 21.6 Å². The van der Waals surface area contributed by atoms with E-state index in [0.717, 1.165) is 5.75 Å². The van der Waals surface area contributed by atoms with Crippen LogP contribution in [0.3, 0.4) is 0 Å². The molecule has 27 heavy (non-hydrogen) atoms. The first-order chi connectivity index (χ1) is 12.8. The number of carbonyl (C=O) groups excluding carboxylic acids is 1. The molecular weight excluding hydrogens is 370 g/mol. The van der Waals surface area contributed by atoms with Crippen LogP contribution >= 0.6 is 0 Å². The summed E-state index contributed by atoms with van der Waals surface area (Å²) >= 11 is 0. The first-order valence-electron chi connectivity index (χ1n) is 8.48. The Hall–Kier alpha value is -2.62. The highest BCUT2D eigenvalue weighted by molar-refractivity contribution is 7.89. The first kappa shape index (κ1) is 19.2. The van der Waals surface area contributed by atoms with Gasteiger partial charge in [0.1, 0.15) is 13.2 Å². The van der Waals surface area contributed by atoms with Crippen molar-refractivity contribution < 1.29 is 28.0 Å². The first-order valence-corrected chi connectivity index (χ1v) is 10.0. The van der Waals surface area contributed by atoms with Crippen LogP contribution < -0.4 is 25.2 Å². The highest BCUT2D eigenvalue weighted by Gasteiger charge is 2.24. The summed E-state index contributed by atoms with van der Waals surface area (Å²) in [5, 5.41) is 9.67. The van der Waals surface area contributed by atoms with Crippen molar-refractivity contribution in [2.75, 3.05) is 18.5 Å². The molecule has 1 heterocycles. The van der Waals surface area contributed by atoms with Crippen molar-refractivity contribution in [2.24, 2.45) is 5.14 Å². The molecule has 2 aromatic rings. The van der Waals surface area contributed by atoms with Gasteiger partial charge in [0.25, 0.3) is 5.91 Å². The Morgan fingerprint density at radius 3 is 2.56 bits per heavy atom. The zero-order valence-electron chi connectivity index (χ0n) is 14.8. The van der Waals surface area contributed by atoms with Crippen molar-refractivity contribution in [3.63, 3.8) is 0 Å². The van der Waals surface area contributed by atoms with Crippen LogP contribution in [0.2, 0.25) is 0 Å². The highest BCUT2D eigenvalue weighted by Crippen LogP contribution is 2.30. The SMILES string of the molecule is C[C@H]([NH2+]C[C@@H]1COc2ccccc2O1)C(=O)Nc1ccc(S(N)(=O)=O)cc1. The summed E-state index contributed by atoms with van der Waals surface area (Å²) in [6.45, 7) is 2.77. The minimum atomic E-state index is -3.75. The normalized spacial score (nSPS) is 17.2. The van der Waals surface area contributed by atoms with Crippen LogP contribution in [0, 0.1) is 0 Å². The number of anilines is 1. The number of nitrogens with two attached hydrogens (primary N) is 2. The van der Waals surface area contributed by atoms with Crippen molar-refractivity contribution in [1.82, 2.24) is 0 Å². The van der Waals surface area contributed by atoms with Gasteiger partial charge >= 0.3 is 0 Å². The lowest BCUT2D eigenvalue weighted by Gasteiger charge is -2.26. The van der Waals surface area contributed by atoms with Gasteiger partial charge in [-0.05, 0) is 43.3 Å². The van der Waals surface area contributed by atoms with Gasteiger partial charge in [0, 0.05) is 5.69 Å². The van der Waals surface area contributed by atoms with Gasteiger partial charge < -0.3 is 20.1 Å². The Kier molecular flexibility index (Phi) is 5.64. The van der Waals surface area contributed by atoms with Gasteiger partial charge in [0.15, 0.2) is 23.6 Å². The van der Waals surface area contributed by atoms with E-state index >= 15 is 0 Å². The minimum absolute atomic E-state index is 0.00478. The third kappa shape index (κ3) is 4.97. The van der Waals surface area contributed by atoms with Crippen molar-refractivity contribution in [3.8, 4) is 11.5 Å². The van der Waals surface area contributed by atoms with Crippen LogP contribution in [0.4, 0.5) is 5.69 Å². The molecule has 2 atom stereocenters. The molecule has 1 aliphatic heterocycles. The number of hydrogen-bond donors (Lipinski definition) is 3. The van der Waals surface area contributed by atoms with Crippen molar-refractivity contribution in [3.05, 3.63) is 48.5 Å². The Bertz CT molecular complexity index is 915. The summed E-state index contributed by atoms with van der Waals surface area (Å²) in [5.74, 6) is 1.23. The molecule has 0 radical (unpaired) electrons. The van der Waals surface area contributed by atoms with Crippen LogP contribution in [-0.2, 0) is 14.8 Å². The second kappa shape index (κ2) is 7.95. The second-order valence-corrected chi connectivity index (χ2v) is 7.88. The zero-order chi connectivity index (χ0) is 19.4. The van der Waals surface area contributed by atoms with E-state index in [4.69, 9.17) is 14.6 Å². The zero-order valence-corrected chi connectivity index (χ0v) is 15.6. The number of sulfonamides is 1. The molecule has 0 unspecified atom stereocenters. The average molecular weight is 392 g/mol. The number of primary sulfonamides is 1. The maximum Gasteiger partial charge on any atom is 0.282 e. The lowest BCUT2D eigenvalue weighted by atomic mass is 10.2. The molecule has 0 aliphatic carbocycles. The maximum atomic E-state index is 12.3. The van der Waals surface area contributed by atoms with Gasteiger partial charge in [-0.2, -0.15) is 0 Å². The molecule has 0 aromatic heterocycles. The topological polar surface area (TPSA) is 124 Å². The average Bonchev–Trinajstić information content (AvgIpc) is 2.65. The molecule has 1 amide bonds.